The van der Waals surface area contributed by atoms with Gasteiger partial charge in [0.15, 0.2) is 8.32 Å². The van der Waals surface area contributed by atoms with Gasteiger partial charge in [0.05, 0.1) is 6.10 Å². The number of halogens is 1. The van der Waals surface area contributed by atoms with E-state index in [1.54, 1.807) is 4.99 Å². The van der Waals surface area contributed by atoms with Gasteiger partial charge in [-0.15, -0.1) is 0 Å². The first-order valence-electron chi connectivity index (χ1n) is 8.17. The molecule has 5 nitrogen and oxygen atoms in total. The molecule has 0 fully saturated rings. The van der Waals surface area contributed by atoms with Crippen molar-refractivity contribution in [3.8, 4) is 0 Å². The van der Waals surface area contributed by atoms with Crippen LogP contribution in [0, 0.1) is 0 Å². The van der Waals surface area contributed by atoms with Crippen LogP contribution in [0.1, 0.15) is 27.2 Å². The van der Waals surface area contributed by atoms with Crippen LogP contribution in [0.15, 0.2) is 23.2 Å². The van der Waals surface area contributed by atoms with Crippen molar-refractivity contribution in [3.05, 3.63) is 23.2 Å². The molecule has 8 heteroatoms. The number of Topliss-reactive ketones (excluding diaryl/α,β-unsaturated/α-hetero) is 1. The second-order valence-electron chi connectivity index (χ2n) is 5.48. The van der Waals surface area contributed by atoms with Gasteiger partial charge >= 0.3 is 7.60 Å². The van der Waals surface area contributed by atoms with Crippen LogP contribution < -0.4 is 0 Å². The molecule has 0 amide bonds. The molecule has 0 spiro atoms. The third-order valence-corrected chi connectivity index (χ3v) is 11.0. The van der Waals surface area contributed by atoms with E-state index >= 15 is 0 Å². The third kappa shape index (κ3) is 8.36. The van der Waals surface area contributed by atoms with Crippen LogP contribution in [-0.2, 0) is 22.8 Å². The van der Waals surface area contributed by atoms with Crippen LogP contribution in [0.2, 0.25) is 18.1 Å². The zero-order chi connectivity index (χ0) is 18.6. The third-order valence-electron chi connectivity index (χ3n) is 4.20. The molecule has 0 aromatic carbocycles. The van der Waals surface area contributed by atoms with E-state index < -0.39 is 15.9 Å². The molecule has 0 aliphatic carbocycles. The van der Waals surface area contributed by atoms with Gasteiger partial charge in [-0.25, -0.2) is 0 Å². The molecule has 0 N–H and O–H groups in total. The molecule has 0 radical (unpaired) electrons. The Morgan fingerprint density at radius 3 is 2.08 bits per heavy atom. The van der Waals surface area contributed by atoms with Crippen molar-refractivity contribution >= 4 is 37.6 Å². The van der Waals surface area contributed by atoms with Gasteiger partial charge in [0.1, 0.15) is 11.9 Å². The topological polar surface area (TPSA) is 61.8 Å². The predicted octanol–water partition coefficient (Wildman–Crippen LogP) is 5.29. The molecule has 0 saturated heterocycles. The highest BCUT2D eigenvalue weighted by Crippen LogP contribution is 2.46. The van der Waals surface area contributed by atoms with Gasteiger partial charge in [0, 0.05) is 20.6 Å². The highest BCUT2D eigenvalue weighted by atomic mass is 79.9. The highest BCUT2D eigenvalue weighted by molar-refractivity contribution is 9.11. The lowest BCUT2D eigenvalue weighted by Gasteiger charge is -2.32. The zero-order valence-corrected chi connectivity index (χ0v) is 18.8. The van der Waals surface area contributed by atoms with Gasteiger partial charge in [-0.2, -0.15) is 0 Å². The van der Waals surface area contributed by atoms with E-state index in [4.69, 9.17) is 13.5 Å². The maximum absolute atomic E-state index is 12.3. The van der Waals surface area contributed by atoms with Crippen LogP contribution >= 0.6 is 23.5 Å². The molecule has 0 rings (SSSR count). The maximum Gasteiger partial charge on any atom is 0.337 e. The second kappa shape index (κ2) is 12.3. The zero-order valence-electron chi connectivity index (χ0n) is 15.3. The van der Waals surface area contributed by atoms with Crippen molar-refractivity contribution < 1.29 is 22.8 Å². The lowest BCUT2D eigenvalue weighted by molar-refractivity contribution is -0.118. The Kier molecular flexibility index (Phi) is 12.3. The Morgan fingerprint density at radius 1 is 1.12 bits per heavy atom. The van der Waals surface area contributed by atoms with Crippen molar-refractivity contribution in [2.75, 3.05) is 20.4 Å². The fourth-order valence-electron chi connectivity index (χ4n) is 2.41. The van der Waals surface area contributed by atoms with Gasteiger partial charge in [-0.3, -0.25) is 9.36 Å². The van der Waals surface area contributed by atoms with E-state index in [-0.39, 0.29) is 24.5 Å². The summed E-state index contributed by atoms with van der Waals surface area (Å²) in [6, 6.07) is 3.00. The molecule has 0 heterocycles. The van der Waals surface area contributed by atoms with Crippen LogP contribution in [0.25, 0.3) is 0 Å². The van der Waals surface area contributed by atoms with E-state index in [0.717, 1.165) is 18.1 Å². The molecule has 0 aromatic heterocycles. The molecule has 0 saturated carbocycles. The van der Waals surface area contributed by atoms with Gasteiger partial charge in [-0.1, -0.05) is 54.9 Å². The van der Waals surface area contributed by atoms with E-state index in [0.29, 0.717) is 0 Å². The second-order valence-corrected chi connectivity index (χ2v) is 13.0. The molecular weight excluding hydrogens is 411 g/mol. The fraction of sp³-hybridized carbons (Fsp3) is 0.688. The molecule has 0 unspecified atom stereocenters. The van der Waals surface area contributed by atoms with Crippen LogP contribution in [0.3, 0.4) is 0 Å². The number of rotatable bonds is 13. The first kappa shape index (κ1) is 24.0. The Labute approximate surface area is 155 Å². The van der Waals surface area contributed by atoms with Crippen LogP contribution in [0.5, 0.6) is 0 Å². The average Bonchev–Trinajstić information content (AvgIpc) is 2.59. The van der Waals surface area contributed by atoms with Crippen LogP contribution in [-0.4, -0.2) is 40.6 Å². The standard InChI is InChI=1S/C16H30BrO5PSi/c1-6-24(7-2,8-3)22-16(11-9-10-12-17)13-15(18)14-23(19,20-4)21-5/h9-12,16H,6-8,13-14H2,1-5H3/b11-9+,12-10+/t16-/m0/s1. The van der Waals surface area contributed by atoms with Crippen molar-refractivity contribution in [1.82, 2.24) is 0 Å². The largest absolute Gasteiger partial charge is 0.410 e. The summed E-state index contributed by atoms with van der Waals surface area (Å²) in [5.74, 6) is -0.189. The number of ketones is 1. The van der Waals surface area contributed by atoms with Gasteiger partial charge in [0.25, 0.3) is 0 Å². The summed E-state index contributed by atoms with van der Waals surface area (Å²) in [6.45, 7) is 6.43. The van der Waals surface area contributed by atoms with Crippen LogP contribution in [0.4, 0.5) is 0 Å². The van der Waals surface area contributed by atoms with Gasteiger partial charge in [0.2, 0.25) is 0 Å². The Bertz CT molecular complexity index is 461. The van der Waals surface area contributed by atoms with E-state index in [9.17, 15) is 9.36 Å². The SMILES string of the molecule is CC[Si](CC)(CC)O[C@@H](/C=C/C=C/Br)CC(=O)CP(=O)(OC)OC. The van der Waals surface area contributed by atoms with E-state index in [1.165, 1.54) is 14.2 Å². The smallest absolute Gasteiger partial charge is 0.337 e. The first-order valence-corrected chi connectivity index (χ1v) is 13.3. The monoisotopic (exact) mass is 440 g/mol. The summed E-state index contributed by atoms with van der Waals surface area (Å²) in [5, 5.41) is 0. The molecule has 24 heavy (non-hydrogen) atoms. The minimum atomic E-state index is -3.34. The summed E-state index contributed by atoms with van der Waals surface area (Å²) in [4.78, 5) is 14.0. The number of hydrogen-bond acceptors (Lipinski definition) is 5. The highest BCUT2D eigenvalue weighted by Gasteiger charge is 2.33. The number of carbonyl (C=O) groups is 1. The Balaban J connectivity index is 5.15. The molecular formula is C16H30BrO5PSi. The molecule has 0 aliphatic rings. The number of carbonyl (C=O) groups excluding carboxylic acids is 1. The van der Waals surface area contributed by atoms with Crippen molar-refractivity contribution in [3.63, 3.8) is 0 Å². The summed E-state index contributed by atoms with van der Waals surface area (Å²) < 4.78 is 28.2. The van der Waals surface area contributed by atoms with Crippen molar-refractivity contribution in [2.24, 2.45) is 0 Å². The lowest BCUT2D eigenvalue weighted by atomic mass is 10.2. The fourth-order valence-corrected chi connectivity index (χ4v) is 6.36. The molecule has 0 bridgehead atoms. The molecule has 0 aromatic rings. The number of allylic oxidation sites excluding steroid dienone is 2. The Morgan fingerprint density at radius 2 is 1.67 bits per heavy atom. The van der Waals surface area contributed by atoms with Crippen molar-refractivity contribution in [1.29, 1.82) is 0 Å². The minimum absolute atomic E-state index is 0.165. The molecule has 0 aliphatic heterocycles. The van der Waals surface area contributed by atoms with Gasteiger partial charge in [-0.05, 0) is 23.1 Å². The summed E-state index contributed by atoms with van der Waals surface area (Å²) in [7, 11) is -2.62. The molecule has 1 atom stereocenters. The normalized spacial score (nSPS) is 14.6. The summed E-state index contributed by atoms with van der Waals surface area (Å²) in [6.07, 6.45) is 5.15. The van der Waals surface area contributed by atoms with E-state index in [1.807, 2.05) is 18.2 Å². The molecule has 140 valence electrons. The summed E-state index contributed by atoms with van der Waals surface area (Å²) >= 11 is 3.21. The minimum Gasteiger partial charge on any atom is -0.410 e. The number of hydrogen-bond donors (Lipinski definition) is 0. The van der Waals surface area contributed by atoms with E-state index in [2.05, 4.69) is 36.7 Å². The maximum atomic E-state index is 12.3. The Hall–Kier alpha value is -0.0431. The first-order chi connectivity index (χ1) is 11.3. The summed E-state index contributed by atoms with van der Waals surface area (Å²) in [5.41, 5.74) is 0. The van der Waals surface area contributed by atoms with Crippen molar-refractivity contribution in [2.45, 2.75) is 51.4 Å². The lowest BCUT2D eigenvalue weighted by Crippen LogP contribution is -2.40. The van der Waals surface area contributed by atoms with Gasteiger partial charge < -0.3 is 13.5 Å². The predicted molar refractivity (Wildman–Crippen MR) is 105 cm³/mol. The average molecular weight is 441 g/mol. The quantitative estimate of drug-likeness (QED) is 0.221.